The van der Waals surface area contributed by atoms with E-state index in [0.717, 1.165) is 43.4 Å². The summed E-state index contributed by atoms with van der Waals surface area (Å²) in [6.45, 7) is 1.41. The molecule has 2 aliphatic rings. The van der Waals surface area contributed by atoms with Crippen molar-refractivity contribution in [2.45, 2.75) is 32.1 Å². The van der Waals surface area contributed by atoms with Crippen molar-refractivity contribution < 1.29 is 9.59 Å². The second-order valence-electron chi connectivity index (χ2n) is 7.68. The number of hydrogen-bond acceptors (Lipinski definition) is 2. The van der Waals surface area contributed by atoms with Gasteiger partial charge in [0, 0.05) is 30.6 Å². The van der Waals surface area contributed by atoms with E-state index in [-0.39, 0.29) is 17.7 Å². The lowest BCUT2D eigenvalue weighted by Gasteiger charge is -2.31. The molecule has 1 aliphatic carbocycles. The zero-order valence-electron chi connectivity index (χ0n) is 15.6. The summed E-state index contributed by atoms with van der Waals surface area (Å²) in [4.78, 5) is 26.9. The van der Waals surface area contributed by atoms with Gasteiger partial charge in [0.2, 0.25) is 11.8 Å². The molecule has 2 aromatic rings. The Balaban J connectivity index is 1.36. The number of carbonyl (C=O) groups excluding carboxylic acids is 2. The van der Waals surface area contributed by atoms with Crippen molar-refractivity contribution in [1.29, 1.82) is 0 Å². The van der Waals surface area contributed by atoms with Crippen LogP contribution in [0.2, 0.25) is 0 Å². The quantitative estimate of drug-likeness (QED) is 0.878. The Morgan fingerprint density at radius 3 is 2.22 bits per heavy atom. The van der Waals surface area contributed by atoms with Gasteiger partial charge in [-0.3, -0.25) is 9.59 Å². The third-order valence-corrected chi connectivity index (χ3v) is 5.62. The zero-order chi connectivity index (χ0) is 18.6. The van der Waals surface area contributed by atoms with Crippen molar-refractivity contribution in [1.82, 2.24) is 4.90 Å². The maximum atomic E-state index is 12.8. The van der Waals surface area contributed by atoms with E-state index in [0.29, 0.717) is 19.0 Å². The number of nitrogens with one attached hydrogen (secondary N) is 1. The smallest absolute Gasteiger partial charge is 0.227 e. The summed E-state index contributed by atoms with van der Waals surface area (Å²) in [5, 5.41) is 3.14. The van der Waals surface area contributed by atoms with Crippen molar-refractivity contribution >= 4 is 17.5 Å². The predicted molar refractivity (Wildman–Crippen MR) is 106 cm³/mol. The molecule has 4 nitrogen and oxygen atoms in total. The molecule has 140 valence electrons. The fourth-order valence-corrected chi connectivity index (χ4v) is 3.80. The van der Waals surface area contributed by atoms with E-state index in [1.807, 2.05) is 41.3 Å². The molecule has 2 amide bonds. The lowest BCUT2D eigenvalue weighted by atomic mass is 9.95. The molecule has 4 rings (SSSR count). The highest BCUT2D eigenvalue weighted by molar-refractivity contribution is 5.93. The molecule has 1 saturated heterocycles. The molecule has 4 heteroatoms. The zero-order valence-corrected chi connectivity index (χ0v) is 15.6. The van der Waals surface area contributed by atoms with Crippen LogP contribution in [0.1, 0.15) is 36.8 Å². The maximum absolute atomic E-state index is 12.8. The summed E-state index contributed by atoms with van der Waals surface area (Å²) in [5.41, 5.74) is 3.24. The van der Waals surface area contributed by atoms with E-state index in [4.69, 9.17) is 0 Å². The topological polar surface area (TPSA) is 49.4 Å². The number of rotatable bonds is 5. The standard InChI is InChI=1S/C23H26N2O2/c26-22(18-12-14-25(15-13-18)23(27)19-10-11-19)24-21-9-5-4-8-20(21)16-17-6-2-1-3-7-17/h1-9,18-19H,10-16H2,(H,24,26). The lowest BCUT2D eigenvalue weighted by molar-refractivity contribution is -0.135. The van der Waals surface area contributed by atoms with Crippen molar-refractivity contribution in [3.8, 4) is 0 Å². The van der Waals surface area contributed by atoms with E-state index in [2.05, 4.69) is 23.5 Å². The summed E-state index contributed by atoms with van der Waals surface area (Å²) in [6, 6.07) is 18.3. The molecule has 1 aliphatic heterocycles. The Hall–Kier alpha value is -2.62. The first-order valence-electron chi connectivity index (χ1n) is 9.92. The summed E-state index contributed by atoms with van der Waals surface area (Å²) in [7, 11) is 0. The largest absolute Gasteiger partial charge is 0.342 e. The number of nitrogens with zero attached hydrogens (tertiary/aromatic N) is 1. The normalized spacial score (nSPS) is 17.6. The molecule has 0 bridgehead atoms. The fourth-order valence-electron chi connectivity index (χ4n) is 3.80. The molecule has 2 aromatic carbocycles. The average molecular weight is 362 g/mol. The summed E-state index contributed by atoms with van der Waals surface area (Å²) in [6.07, 6.45) is 4.39. The van der Waals surface area contributed by atoms with E-state index in [1.165, 1.54) is 5.56 Å². The van der Waals surface area contributed by atoms with Crippen LogP contribution >= 0.6 is 0 Å². The second kappa shape index (κ2) is 7.95. The number of anilines is 1. The van der Waals surface area contributed by atoms with Gasteiger partial charge < -0.3 is 10.2 Å². The predicted octanol–water partition coefficient (Wildman–Crippen LogP) is 3.86. The first kappa shape index (κ1) is 17.8. The average Bonchev–Trinajstić information content (AvgIpc) is 3.55. The van der Waals surface area contributed by atoms with E-state index >= 15 is 0 Å². The molecule has 1 N–H and O–H groups in total. The number of amides is 2. The molecule has 27 heavy (non-hydrogen) atoms. The van der Waals surface area contributed by atoms with Gasteiger partial charge >= 0.3 is 0 Å². The highest BCUT2D eigenvalue weighted by atomic mass is 16.2. The molecule has 0 radical (unpaired) electrons. The Morgan fingerprint density at radius 2 is 1.52 bits per heavy atom. The minimum atomic E-state index is -0.0157. The Labute approximate surface area is 160 Å². The number of piperidine rings is 1. The van der Waals surface area contributed by atoms with E-state index < -0.39 is 0 Å². The summed E-state index contributed by atoms with van der Waals surface area (Å²) in [5.74, 6) is 0.620. The number of para-hydroxylation sites is 1. The van der Waals surface area contributed by atoms with Crippen molar-refractivity contribution in [2.24, 2.45) is 11.8 Å². The number of hydrogen-bond donors (Lipinski definition) is 1. The Morgan fingerprint density at radius 1 is 0.852 bits per heavy atom. The third-order valence-electron chi connectivity index (χ3n) is 5.62. The molecule has 0 spiro atoms. The SMILES string of the molecule is O=C(Nc1ccccc1Cc1ccccc1)C1CCN(C(=O)C2CC2)CC1. The van der Waals surface area contributed by atoms with Crippen LogP contribution in [-0.2, 0) is 16.0 Å². The van der Waals surface area contributed by atoms with Crippen LogP contribution in [-0.4, -0.2) is 29.8 Å². The Bertz CT molecular complexity index is 806. The van der Waals surface area contributed by atoms with Gasteiger partial charge in [0.15, 0.2) is 0 Å². The van der Waals surface area contributed by atoms with Gasteiger partial charge in [0.25, 0.3) is 0 Å². The van der Waals surface area contributed by atoms with Gasteiger partial charge in [0.1, 0.15) is 0 Å². The summed E-state index contributed by atoms with van der Waals surface area (Å²) >= 11 is 0. The van der Waals surface area contributed by atoms with Crippen LogP contribution in [0.4, 0.5) is 5.69 Å². The summed E-state index contributed by atoms with van der Waals surface area (Å²) < 4.78 is 0. The van der Waals surface area contributed by atoms with Gasteiger partial charge in [-0.2, -0.15) is 0 Å². The monoisotopic (exact) mass is 362 g/mol. The highest BCUT2D eigenvalue weighted by Gasteiger charge is 2.36. The molecule has 1 heterocycles. The second-order valence-corrected chi connectivity index (χ2v) is 7.68. The van der Waals surface area contributed by atoms with Crippen LogP contribution in [0, 0.1) is 11.8 Å². The van der Waals surface area contributed by atoms with Crippen LogP contribution in [0.25, 0.3) is 0 Å². The van der Waals surface area contributed by atoms with Gasteiger partial charge in [-0.15, -0.1) is 0 Å². The van der Waals surface area contributed by atoms with Crippen molar-refractivity contribution in [3.63, 3.8) is 0 Å². The number of likely N-dealkylation sites (tertiary alicyclic amines) is 1. The van der Waals surface area contributed by atoms with Gasteiger partial charge in [-0.25, -0.2) is 0 Å². The van der Waals surface area contributed by atoms with Gasteiger partial charge in [-0.1, -0.05) is 48.5 Å². The molecule has 2 fully saturated rings. The molecule has 0 aromatic heterocycles. The minimum absolute atomic E-state index is 0.0157. The lowest BCUT2D eigenvalue weighted by Crippen LogP contribution is -2.42. The van der Waals surface area contributed by atoms with Crippen LogP contribution in [0.5, 0.6) is 0 Å². The maximum Gasteiger partial charge on any atom is 0.227 e. The third kappa shape index (κ3) is 4.38. The first-order valence-corrected chi connectivity index (χ1v) is 9.92. The molecule has 0 atom stereocenters. The van der Waals surface area contributed by atoms with Crippen LogP contribution in [0.3, 0.4) is 0 Å². The number of carbonyl (C=O) groups is 2. The van der Waals surface area contributed by atoms with Crippen molar-refractivity contribution in [3.05, 3.63) is 65.7 Å². The van der Waals surface area contributed by atoms with Crippen LogP contribution in [0.15, 0.2) is 54.6 Å². The Kier molecular flexibility index (Phi) is 5.23. The molecular weight excluding hydrogens is 336 g/mol. The van der Waals surface area contributed by atoms with Gasteiger partial charge in [0.05, 0.1) is 0 Å². The number of benzene rings is 2. The molecular formula is C23H26N2O2. The van der Waals surface area contributed by atoms with Gasteiger partial charge in [-0.05, 0) is 49.3 Å². The first-order chi connectivity index (χ1) is 13.2. The molecule has 0 unspecified atom stereocenters. The van der Waals surface area contributed by atoms with E-state index in [1.54, 1.807) is 0 Å². The van der Waals surface area contributed by atoms with Crippen molar-refractivity contribution in [2.75, 3.05) is 18.4 Å². The fraction of sp³-hybridized carbons (Fsp3) is 0.391. The highest BCUT2D eigenvalue weighted by Crippen LogP contribution is 2.32. The molecule has 1 saturated carbocycles. The minimum Gasteiger partial charge on any atom is -0.342 e. The van der Waals surface area contributed by atoms with E-state index in [9.17, 15) is 9.59 Å². The van der Waals surface area contributed by atoms with Crippen LogP contribution < -0.4 is 5.32 Å².